The molecule has 2 aromatic heterocycles. The number of nitrogens with two attached hydrogens (primary N) is 1. The van der Waals surface area contributed by atoms with Crippen LogP contribution in [0.2, 0.25) is 0 Å². The first kappa shape index (κ1) is 20.1. The second kappa shape index (κ2) is 7.58. The first-order valence-corrected chi connectivity index (χ1v) is 9.30. The van der Waals surface area contributed by atoms with Gasteiger partial charge in [-0.15, -0.1) is 11.3 Å². The van der Waals surface area contributed by atoms with E-state index in [9.17, 15) is 14.4 Å². The molecule has 2 rings (SSSR count). The molecule has 8 nitrogen and oxygen atoms in total. The third-order valence-electron chi connectivity index (χ3n) is 3.62. The average Bonchev–Trinajstić information content (AvgIpc) is 2.98. The molecule has 0 radical (unpaired) electrons. The average molecular weight is 443 g/mol. The highest BCUT2D eigenvalue weighted by molar-refractivity contribution is 9.10. The van der Waals surface area contributed by atoms with Gasteiger partial charge in [0.15, 0.2) is 5.69 Å². The second-order valence-corrected chi connectivity index (χ2v) is 7.72. The molecule has 26 heavy (non-hydrogen) atoms. The van der Waals surface area contributed by atoms with Crippen LogP contribution in [0, 0.1) is 13.8 Å². The molecule has 0 fully saturated rings. The summed E-state index contributed by atoms with van der Waals surface area (Å²) >= 11 is 4.26. The van der Waals surface area contributed by atoms with Gasteiger partial charge in [0.1, 0.15) is 5.00 Å². The Labute approximate surface area is 162 Å². The van der Waals surface area contributed by atoms with Crippen molar-refractivity contribution in [3.8, 4) is 0 Å². The van der Waals surface area contributed by atoms with E-state index in [1.54, 1.807) is 39.4 Å². The number of aromatic nitrogens is 2. The van der Waals surface area contributed by atoms with Gasteiger partial charge in [0, 0.05) is 7.05 Å². The first-order valence-electron chi connectivity index (χ1n) is 7.69. The third kappa shape index (κ3) is 3.80. The standard InChI is InChI=1S/C16H19BrN4O4S/c1-6(2)25-16(24)9-7(3)12(13(18)22)26-15(9)19-14(23)11-10(17)8(4)21(5)20-11/h6H,1-5H3,(H2,18,22)(H,19,23). The van der Waals surface area contributed by atoms with Crippen LogP contribution in [0.4, 0.5) is 5.00 Å². The summed E-state index contributed by atoms with van der Waals surface area (Å²) < 4.78 is 7.33. The van der Waals surface area contributed by atoms with Crippen molar-refractivity contribution >= 4 is 50.1 Å². The third-order valence-corrected chi connectivity index (χ3v) is 5.79. The van der Waals surface area contributed by atoms with Crippen LogP contribution in [-0.2, 0) is 11.8 Å². The molecule has 2 aromatic rings. The summed E-state index contributed by atoms with van der Waals surface area (Å²) in [6.07, 6.45) is -0.352. The summed E-state index contributed by atoms with van der Waals surface area (Å²) in [6.45, 7) is 6.81. The number of nitrogens with zero attached hydrogens (tertiary/aromatic N) is 2. The fourth-order valence-electron chi connectivity index (χ4n) is 2.25. The van der Waals surface area contributed by atoms with Gasteiger partial charge in [-0.25, -0.2) is 4.79 Å². The van der Waals surface area contributed by atoms with Crippen molar-refractivity contribution in [1.82, 2.24) is 9.78 Å². The van der Waals surface area contributed by atoms with Crippen molar-refractivity contribution in [2.75, 3.05) is 5.32 Å². The minimum Gasteiger partial charge on any atom is -0.459 e. The molecule has 0 spiro atoms. The van der Waals surface area contributed by atoms with Gasteiger partial charge >= 0.3 is 5.97 Å². The quantitative estimate of drug-likeness (QED) is 0.690. The monoisotopic (exact) mass is 442 g/mol. The highest BCUT2D eigenvalue weighted by Crippen LogP contribution is 2.34. The van der Waals surface area contributed by atoms with Crippen LogP contribution in [0.25, 0.3) is 0 Å². The fourth-order valence-corrected chi connectivity index (χ4v) is 3.80. The van der Waals surface area contributed by atoms with E-state index < -0.39 is 17.8 Å². The SMILES string of the molecule is Cc1c(C(N)=O)sc(NC(=O)c2nn(C)c(C)c2Br)c1C(=O)OC(C)C. The van der Waals surface area contributed by atoms with Crippen molar-refractivity contribution < 1.29 is 19.1 Å². The molecule has 0 saturated carbocycles. The molecule has 3 N–H and O–H groups in total. The van der Waals surface area contributed by atoms with Gasteiger partial charge in [0.2, 0.25) is 0 Å². The zero-order valence-corrected chi connectivity index (χ0v) is 17.4. The van der Waals surface area contributed by atoms with Gasteiger partial charge in [-0.3, -0.25) is 14.3 Å². The number of rotatable bonds is 5. The zero-order valence-electron chi connectivity index (χ0n) is 15.0. The van der Waals surface area contributed by atoms with Crippen molar-refractivity contribution in [3.63, 3.8) is 0 Å². The minimum atomic E-state index is -0.679. The van der Waals surface area contributed by atoms with Crippen molar-refractivity contribution in [1.29, 1.82) is 0 Å². The molecular weight excluding hydrogens is 424 g/mol. The molecule has 0 aliphatic carbocycles. The van der Waals surface area contributed by atoms with Crippen LogP contribution < -0.4 is 11.1 Å². The Hall–Kier alpha value is -2.20. The van der Waals surface area contributed by atoms with E-state index in [-0.39, 0.29) is 27.2 Å². The van der Waals surface area contributed by atoms with Crippen LogP contribution in [0.15, 0.2) is 4.47 Å². The van der Waals surface area contributed by atoms with E-state index in [0.717, 1.165) is 17.0 Å². The van der Waals surface area contributed by atoms with Gasteiger partial charge < -0.3 is 15.8 Å². The number of halogens is 1. The molecule has 0 aliphatic rings. The summed E-state index contributed by atoms with van der Waals surface area (Å²) in [6, 6.07) is 0. The molecule has 0 unspecified atom stereocenters. The number of thiophene rings is 1. The molecule has 2 amide bonds. The normalized spacial score (nSPS) is 10.9. The van der Waals surface area contributed by atoms with Gasteiger partial charge in [-0.05, 0) is 49.2 Å². The highest BCUT2D eigenvalue weighted by Gasteiger charge is 2.28. The maximum absolute atomic E-state index is 12.6. The Kier molecular flexibility index (Phi) is 5.87. The molecule has 0 bridgehead atoms. The van der Waals surface area contributed by atoms with E-state index in [0.29, 0.717) is 10.0 Å². The Morgan fingerprint density at radius 2 is 1.92 bits per heavy atom. The lowest BCUT2D eigenvalue weighted by atomic mass is 10.1. The van der Waals surface area contributed by atoms with E-state index in [4.69, 9.17) is 10.5 Å². The van der Waals surface area contributed by atoms with Crippen molar-refractivity contribution in [3.05, 3.63) is 31.9 Å². The molecule has 10 heteroatoms. The van der Waals surface area contributed by atoms with Crippen LogP contribution in [-0.4, -0.2) is 33.7 Å². The Balaban J connectivity index is 2.46. The predicted molar refractivity (Wildman–Crippen MR) is 102 cm³/mol. The summed E-state index contributed by atoms with van der Waals surface area (Å²) in [7, 11) is 1.71. The lowest BCUT2D eigenvalue weighted by Crippen LogP contribution is -2.18. The lowest BCUT2D eigenvalue weighted by Gasteiger charge is -2.10. The lowest BCUT2D eigenvalue weighted by molar-refractivity contribution is 0.0379. The number of hydrogen-bond acceptors (Lipinski definition) is 6. The van der Waals surface area contributed by atoms with Crippen LogP contribution in [0.3, 0.4) is 0 Å². The van der Waals surface area contributed by atoms with Crippen LogP contribution >= 0.6 is 27.3 Å². The smallest absolute Gasteiger partial charge is 0.341 e. The number of anilines is 1. The number of primary amides is 1. The summed E-state index contributed by atoms with van der Waals surface area (Å²) in [5.41, 5.74) is 6.81. The molecule has 0 saturated heterocycles. The van der Waals surface area contributed by atoms with Crippen LogP contribution in [0.5, 0.6) is 0 Å². The number of hydrogen-bond donors (Lipinski definition) is 2. The molecular formula is C16H19BrN4O4S. The van der Waals surface area contributed by atoms with Crippen LogP contribution in [0.1, 0.15) is 55.6 Å². The summed E-state index contributed by atoms with van der Waals surface area (Å²) in [5.74, 6) is -1.83. The minimum absolute atomic E-state index is 0.120. The van der Waals surface area contributed by atoms with Gasteiger partial charge in [0.25, 0.3) is 11.8 Å². The molecule has 0 aliphatic heterocycles. The Morgan fingerprint density at radius 1 is 1.31 bits per heavy atom. The fraction of sp³-hybridized carbons (Fsp3) is 0.375. The maximum atomic E-state index is 12.6. The zero-order chi connectivity index (χ0) is 19.8. The number of nitrogens with one attached hydrogen (secondary N) is 1. The molecule has 140 valence electrons. The van der Waals surface area contributed by atoms with E-state index >= 15 is 0 Å². The Bertz CT molecular complexity index is 901. The number of carbonyl (C=O) groups is 3. The predicted octanol–water partition coefficient (Wildman–Crippen LogP) is 2.78. The number of carbonyl (C=O) groups excluding carboxylic acids is 3. The highest BCUT2D eigenvalue weighted by atomic mass is 79.9. The molecule has 2 heterocycles. The van der Waals surface area contributed by atoms with E-state index in [1.165, 1.54) is 0 Å². The summed E-state index contributed by atoms with van der Waals surface area (Å²) in [5, 5.41) is 6.99. The number of amides is 2. The topological polar surface area (TPSA) is 116 Å². The van der Waals surface area contributed by atoms with Crippen molar-refractivity contribution in [2.24, 2.45) is 12.8 Å². The largest absolute Gasteiger partial charge is 0.459 e. The van der Waals surface area contributed by atoms with E-state index in [2.05, 4.69) is 26.3 Å². The van der Waals surface area contributed by atoms with Gasteiger partial charge in [-0.1, -0.05) is 0 Å². The van der Waals surface area contributed by atoms with E-state index in [1.807, 2.05) is 0 Å². The maximum Gasteiger partial charge on any atom is 0.341 e. The number of esters is 1. The molecule has 0 aromatic carbocycles. The second-order valence-electron chi connectivity index (χ2n) is 5.90. The number of ether oxygens (including phenoxy) is 1. The number of aryl methyl sites for hydroxylation is 1. The van der Waals surface area contributed by atoms with Crippen molar-refractivity contribution in [2.45, 2.75) is 33.8 Å². The molecule has 0 atom stereocenters. The Morgan fingerprint density at radius 3 is 2.38 bits per heavy atom. The van der Waals surface area contributed by atoms with Gasteiger partial charge in [0.05, 0.1) is 26.7 Å². The van der Waals surface area contributed by atoms with Gasteiger partial charge in [-0.2, -0.15) is 5.10 Å². The first-order chi connectivity index (χ1) is 12.0. The summed E-state index contributed by atoms with van der Waals surface area (Å²) in [4.78, 5) is 36.9.